The van der Waals surface area contributed by atoms with Crippen LogP contribution < -0.4 is 4.74 Å². The molecule has 2 heterocycles. The number of aromatic nitrogens is 2. The van der Waals surface area contributed by atoms with Crippen LogP contribution in [0.4, 0.5) is 0 Å². The van der Waals surface area contributed by atoms with Crippen LogP contribution in [0.25, 0.3) is 0 Å². The van der Waals surface area contributed by atoms with Crippen LogP contribution in [0.15, 0.2) is 73.3 Å². The number of carbonyl (C=O) groups excluding carboxylic acids is 2. The number of hydrogen-bond acceptors (Lipinski definition) is 4. The topological polar surface area (TPSA) is 67.7 Å². The van der Waals surface area contributed by atoms with Gasteiger partial charge in [0.1, 0.15) is 5.75 Å². The number of aryl methyl sites for hydroxylation is 1. The van der Waals surface area contributed by atoms with Crippen molar-refractivity contribution in [1.29, 1.82) is 0 Å². The molecule has 0 N–H and O–H groups in total. The van der Waals surface area contributed by atoms with Crippen molar-refractivity contribution in [3.63, 3.8) is 0 Å². The van der Waals surface area contributed by atoms with Crippen LogP contribution in [0.5, 0.6) is 5.75 Å². The highest BCUT2D eigenvalue weighted by molar-refractivity contribution is 6.30. The van der Waals surface area contributed by atoms with Crippen molar-refractivity contribution in [2.75, 3.05) is 26.7 Å². The van der Waals surface area contributed by atoms with Gasteiger partial charge in [-0.2, -0.15) is 0 Å². The molecule has 0 radical (unpaired) electrons. The molecule has 0 aliphatic carbocycles. The maximum absolute atomic E-state index is 13.4. The molecule has 1 aromatic heterocycles. The highest BCUT2D eigenvalue weighted by Gasteiger charge is 2.40. The minimum atomic E-state index is -0.479. The van der Waals surface area contributed by atoms with Gasteiger partial charge in [-0.25, -0.2) is 4.98 Å². The zero-order valence-electron chi connectivity index (χ0n) is 20.7. The van der Waals surface area contributed by atoms with Crippen molar-refractivity contribution < 1.29 is 14.3 Å². The van der Waals surface area contributed by atoms with Gasteiger partial charge in [-0.15, -0.1) is 0 Å². The molecule has 3 aromatic rings. The van der Waals surface area contributed by atoms with Gasteiger partial charge in [0.15, 0.2) is 0 Å². The summed E-state index contributed by atoms with van der Waals surface area (Å²) in [6, 6.07) is 17.2. The first-order chi connectivity index (χ1) is 17.4. The molecule has 1 aliphatic heterocycles. The number of amides is 2. The van der Waals surface area contributed by atoms with E-state index >= 15 is 0 Å². The number of hydrogen-bond donors (Lipinski definition) is 0. The van der Waals surface area contributed by atoms with E-state index in [1.165, 1.54) is 0 Å². The number of likely N-dealkylation sites (tertiary alicyclic amines) is 1. The number of imidazole rings is 1. The minimum Gasteiger partial charge on any atom is -0.493 e. The second-order valence-corrected chi connectivity index (χ2v) is 10.1. The standard InChI is InChI=1S/C28H33ClN4O3/c1-31(19-23-7-3-2-4-8-23)27(35)18-28(21-36-25-10-5-9-24(29)17-25)12-6-14-33(20-28)26(34)11-15-32-16-13-30-22-32/h2-5,7-10,13,16-17,22H,6,11-12,14-15,18-21H2,1H3/t28-/m1/s1. The van der Waals surface area contributed by atoms with Crippen LogP contribution in [0.3, 0.4) is 0 Å². The molecule has 0 bridgehead atoms. The van der Waals surface area contributed by atoms with E-state index in [-0.39, 0.29) is 11.8 Å². The Balaban J connectivity index is 1.46. The Morgan fingerprint density at radius 1 is 1.17 bits per heavy atom. The third kappa shape index (κ3) is 7.10. The zero-order valence-corrected chi connectivity index (χ0v) is 21.4. The quantitative estimate of drug-likeness (QED) is 0.399. The first-order valence-electron chi connectivity index (χ1n) is 12.3. The number of carbonyl (C=O) groups is 2. The average Bonchev–Trinajstić information content (AvgIpc) is 3.41. The van der Waals surface area contributed by atoms with E-state index < -0.39 is 5.41 Å². The summed E-state index contributed by atoms with van der Waals surface area (Å²) < 4.78 is 8.07. The van der Waals surface area contributed by atoms with Crippen LogP contribution in [0.1, 0.15) is 31.2 Å². The van der Waals surface area contributed by atoms with Crippen molar-refractivity contribution in [2.45, 2.75) is 38.8 Å². The van der Waals surface area contributed by atoms with E-state index in [0.29, 0.717) is 56.4 Å². The van der Waals surface area contributed by atoms with E-state index in [4.69, 9.17) is 16.3 Å². The molecular formula is C28H33ClN4O3. The van der Waals surface area contributed by atoms with Crippen LogP contribution in [-0.2, 0) is 22.7 Å². The highest BCUT2D eigenvalue weighted by atomic mass is 35.5. The van der Waals surface area contributed by atoms with Crippen molar-refractivity contribution >= 4 is 23.4 Å². The summed E-state index contributed by atoms with van der Waals surface area (Å²) in [7, 11) is 1.83. The van der Waals surface area contributed by atoms with Gasteiger partial charge in [-0.3, -0.25) is 9.59 Å². The van der Waals surface area contributed by atoms with E-state index in [9.17, 15) is 9.59 Å². The molecule has 190 valence electrons. The van der Waals surface area contributed by atoms with Crippen molar-refractivity contribution in [3.8, 4) is 5.75 Å². The van der Waals surface area contributed by atoms with E-state index in [2.05, 4.69) is 4.98 Å². The SMILES string of the molecule is CN(Cc1ccccc1)C(=O)C[C@]1(COc2cccc(Cl)c2)CCCN(C(=O)CCn2ccnc2)C1. The molecular weight excluding hydrogens is 476 g/mol. The minimum absolute atomic E-state index is 0.0428. The molecule has 1 saturated heterocycles. The summed E-state index contributed by atoms with van der Waals surface area (Å²) in [6.45, 7) is 2.64. The second kappa shape index (κ2) is 12.1. The molecule has 1 fully saturated rings. The summed E-state index contributed by atoms with van der Waals surface area (Å²) in [6.07, 6.45) is 7.61. The molecule has 8 heteroatoms. The van der Waals surface area contributed by atoms with Gasteiger partial charge in [-0.05, 0) is 36.6 Å². The van der Waals surface area contributed by atoms with Gasteiger partial charge < -0.3 is 19.1 Å². The van der Waals surface area contributed by atoms with Gasteiger partial charge in [0, 0.05) is 68.9 Å². The molecule has 0 unspecified atom stereocenters. The normalized spacial score (nSPS) is 17.6. The van der Waals surface area contributed by atoms with Gasteiger partial charge in [0.05, 0.1) is 12.9 Å². The fourth-order valence-corrected chi connectivity index (χ4v) is 4.91. The molecule has 0 spiro atoms. The van der Waals surface area contributed by atoms with E-state index in [1.54, 1.807) is 29.6 Å². The van der Waals surface area contributed by atoms with Crippen molar-refractivity contribution in [1.82, 2.24) is 19.4 Å². The lowest BCUT2D eigenvalue weighted by atomic mass is 9.77. The van der Waals surface area contributed by atoms with Gasteiger partial charge in [-0.1, -0.05) is 48.0 Å². The van der Waals surface area contributed by atoms with Crippen LogP contribution in [-0.4, -0.2) is 57.9 Å². The third-order valence-corrected chi connectivity index (χ3v) is 6.95. The molecule has 36 heavy (non-hydrogen) atoms. The number of benzene rings is 2. The maximum atomic E-state index is 13.4. The fraction of sp³-hybridized carbons (Fsp3) is 0.393. The molecule has 2 aromatic carbocycles. The molecule has 2 amide bonds. The van der Waals surface area contributed by atoms with Gasteiger partial charge >= 0.3 is 0 Å². The number of nitrogens with zero attached hydrogens (tertiary/aromatic N) is 4. The Labute approximate surface area is 217 Å². The summed E-state index contributed by atoms with van der Waals surface area (Å²) in [4.78, 5) is 34.2. The molecule has 1 aliphatic rings. The number of piperidine rings is 1. The molecule has 0 saturated carbocycles. The van der Waals surface area contributed by atoms with E-state index in [0.717, 1.165) is 18.4 Å². The summed E-state index contributed by atoms with van der Waals surface area (Å²) in [5.74, 6) is 0.789. The Bertz CT molecular complexity index is 1140. The molecule has 4 rings (SSSR count). The van der Waals surface area contributed by atoms with Crippen LogP contribution >= 0.6 is 11.6 Å². The largest absolute Gasteiger partial charge is 0.493 e. The Kier molecular flexibility index (Phi) is 8.65. The highest BCUT2D eigenvalue weighted by Crippen LogP contribution is 2.36. The second-order valence-electron chi connectivity index (χ2n) is 9.63. The maximum Gasteiger partial charge on any atom is 0.224 e. The fourth-order valence-electron chi connectivity index (χ4n) is 4.73. The predicted molar refractivity (Wildman–Crippen MR) is 140 cm³/mol. The Morgan fingerprint density at radius 2 is 2.00 bits per heavy atom. The van der Waals surface area contributed by atoms with Crippen molar-refractivity contribution in [2.24, 2.45) is 5.41 Å². The summed E-state index contributed by atoms with van der Waals surface area (Å²) in [5, 5.41) is 0.597. The van der Waals surface area contributed by atoms with Crippen LogP contribution in [0.2, 0.25) is 5.02 Å². The Morgan fingerprint density at radius 3 is 2.75 bits per heavy atom. The third-order valence-electron chi connectivity index (χ3n) is 6.71. The summed E-state index contributed by atoms with van der Waals surface area (Å²) in [5.41, 5.74) is 0.602. The van der Waals surface area contributed by atoms with Crippen LogP contribution in [0, 0.1) is 5.41 Å². The average molecular weight is 509 g/mol. The lowest BCUT2D eigenvalue weighted by Gasteiger charge is -2.43. The van der Waals surface area contributed by atoms with Gasteiger partial charge in [0.25, 0.3) is 0 Å². The predicted octanol–water partition coefficient (Wildman–Crippen LogP) is 4.66. The van der Waals surface area contributed by atoms with Gasteiger partial charge in [0.2, 0.25) is 11.8 Å². The van der Waals surface area contributed by atoms with Crippen molar-refractivity contribution in [3.05, 3.63) is 83.9 Å². The lowest BCUT2D eigenvalue weighted by Crippen LogP contribution is -2.50. The lowest BCUT2D eigenvalue weighted by molar-refractivity contribution is -0.141. The molecule has 7 nitrogen and oxygen atoms in total. The summed E-state index contributed by atoms with van der Waals surface area (Å²) >= 11 is 6.15. The molecule has 1 atom stereocenters. The first kappa shape index (κ1) is 25.8. The number of halogens is 1. The monoisotopic (exact) mass is 508 g/mol. The number of ether oxygens (including phenoxy) is 1. The Hall–Kier alpha value is -3.32. The number of rotatable bonds is 10. The van der Waals surface area contributed by atoms with E-state index in [1.807, 2.05) is 65.2 Å². The first-order valence-corrected chi connectivity index (χ1v) is 12.7. The smallest absolute Gasteiger partial charge is 0.224 e. The zero-order chi connectivity index (χ0) is 25.4.